The maximum atomic E-state index is 6.14. The van der Waals surface area contributed by atoms with E-state index in [-0.39, 0.29) is 6.04 Å². The molecular weight excluding hydrogens is 210 g/mol. The Bertz CT molecular complexity index is 377. The molecule has 0 spiro atoms. The Balaban J connectivity index is 2.43. The molecule has 1 aliphatic rings. The quantitative estimate of drug-likeness (QED) is 0.872. The predicted molar refractivity (Wildman–Crippen MR) is 69.9 cm³/mol. The summed E-state index contributed by atoms with van der Waals surface area (Å²) in [5, 5.41) is 0. The van der Waals surface area contributed by atoms with Gasteiger partial charge in [-0.3, -0.25) is 0 Å². The number of nitrogens with two attached hydrogens (primary N) is 1. The molecule has 0 aromatic carbocycles. The van der Waals surface area contributed by atoms with Crippen LogP contribution >= 0.6 is 0 Å². The second-order valence-electron chi connectivity index (χ2n) is 5.52. The van der Waals surface area contributed by atoms with Crippen molar-refractivity contribution in [3.05, 3.63) is 23.3 Å². The Hall–Kier alpha value is -0.960. The molecule has 2 rings (SSSR count). The minimum atomic E-state index is 0.149. The number of nitrogens with zero attached hydrogens (tertiary/aromatic N) is 2. The fraction of sp³-hybridized carbons (Fsp3) is 0.714. The summed E-state index contributed by atoms with van der Waals surface area (Å²) in [6, 6.07) is 0.149. The molecule has 3 nitrogen and oxygen atoms in total. The van der Waals surface area contributed by atoms with E-state index in [2.05, 4.69) is 30.7 Å². The highest BCUT2D eigenvalue weighted by Gasteiger charge is 2.26. The molecule has 0 saturated heterocycles. The van der Waals surface area contributed by atoms with Gasteiger partial charge in [0.25, 0.3) is 0 Å². The third kappa shape index (κ3) is 2.49. The van der Waals surface area contributed by atoms with Crippen molar-refractivity contribution in [3.63, 3.8) is 0 Å². The largest absolute Gasteiger partial charge is 0.327 e. The van der Waals surface area contributed by atoms with E-state index >= 15 is 0 Å². The SMILES string of the molecule is CC(C)C(c1ncnc2c1CCCC2)C(C)N. The lowest BCUT2D eigenvalue weighted by atomic mass is 9.81. The molecule has 3 heteroatoms. The molecule has 2 atom stereocenters. The summed E-state index contributed by atoms with van der Waals surface area (Å²) in [6.45, 7) is 6.54. The zero-order valence-electron chi connectivity index (χ0n) is 11.1. The van der Waals surface area contributed by atoms with Gasteiger partial charge in [0.2, 0.25) is 0 Å². The average molecular weight is 233 g/mol. The Morgan fingerprint density at radius 2 is 1.82 bits per heavy atom. The van der Waals surface area contributed by atoms with Crippen LogP contribution in [-0.2, 0) is 12.8 Å². The van der Waals surface area contributed by atoms with Gasteiger partial charge in [0.05, 0.1) is 5.69 Å². The summed E-state index contributed by atoms with van der Waals surface area (Å²) < 4.78 is 0. The van der Waals surface area contributed by atoms with Gasteiger partial charge in [-0.15, -0.1) is 0 Å². The molecule has 0 saturated carbocycles. The number of aromatic nitrogens is 2. The van der Waals surface area contributed by atoms with Gasteiger partial charge in [-0.25, -0.2) is 9.97 Å². The van der Waals surface area contributed by atoms with Crippen molar-refractivity contribution in [1.29, 1.82) is 0 Å². The van der Waals surface area contributed by atoms with E-state index in [1.807, 2.05) is 0 Å². The number of hydrogen-bond acceptors (Lipinski definition) is 3. The van der Waals surface area contributed by atoms with Crippen LogP contribution in [-0.4, -0.2) is 16.0 Å². The van der Waals surface area contributed by atoms with E-state index in [0.29, 0.717) is 11.8 Å². The van der Waals surface area contributed by atoms with Gasteiger partial charge < -0.3 is 5.73 Å². The normalized spacial score (nSPS) is 18.9. The molecule has 1 aromatic heterocycles. The minimum Gasteiger partial charge on any atom is -0.327 e. The lowest BCUT2D eigenvalue weighted by molar-refractivity contribution is 0.420. The summed E-state index contributed by atoms with van der Waals surface area (Å²) >= 11 is 0. The van der Waals surface area contributed by atoms with Crippen LogP contribution in [0.1, 0.15) is 56.5 Å². The number of rotatable bonds is 3. The van der Waals surface area contributed by atoms with Gasteiger partial charge in [-0.05, 0) is 44.1 Å². The Morgan fingerprint density at radius 1 is 1.12 bits per heavy atom. The smallest absolute Gasteiger partial charge is 0.115 e. The van der Waals surface area contributed by atoms with E-state index in [9.17, 15) is 0 Å². The molecule has 2 unspecified atom stereocenters. The molecule has 0 amide bonds. The number of fused-ring (bicyclic) bond motifs is 1. The third-order valence-electron chi connectivity index (χ3n) is 3.76. The summed E-state index contributed by atoms with van der Waals surface area (Å²) in [6.07, 6.45) is 6.47. The molecular formula is C14H23N3. The summed E-state index contributed by atoms with van der Waals surface area (Å²) in [4.78, 5) is 8.97. The molecule has 0 radical (unpaired) electrons. The first kappa shape index (κ1) is 12.5. The molecule has 17 heavy (non-hydrogen) atoms. The van der Waals surface area contributed by atoms with Gasteiger partial charge in [-0.1, -0.05) is 13.8 Å². The molecule has 1 aliphatic carbocycles. The Morgan fingerprint density at radius 3 is 2.47 bits per heavy atom. The van der Waals surface area contributed by atoms with Crippen molar-refractivity contribution in [2.45, 2.75) is 58.4 Å². The fourth-order valence-corrected chi connectivity index (χ4v) is 3.01. The van der Waals surface area contributed by atoms with Crippen LogP contribution in [0.5, 0.6) is 0 Å². The topological polar surface area (TPSA) is 51.8 Å². The monoisotopic (exact) mass is 233 g/mol. The lowest BCUT2D eigenvalue weighted by Gasteiger charge is -2.28. The van der Waals surface area contributed by atoms with E-state index in [0.717, 1.165) is 12.8 Å². The minimum absolute atomic E-state index is 0.149. The Kier molecular flexibility index (Phi) is 3.77. The van der Waals surface area contributed by atoms with Crippen LogP contribution in [0.2, 0.25) is 0 Å². The van der Waals surface area contributed by atoms with Gasteiger partial charge >= 0.3 is 0 Å². The highest BCUT2D eigenvalue weighted by atomic mass is 14.9. The first-order valence-electron chi connectivity index (χ1n) is 6.69. The van der Waals surface area contributed by atoms with E-state index in [1.54, 1.807) is 6.33 Å². The molecule has 0 aliphatic heterocycles. The van der Waals surface area contributed by atoms with Crippen LogP contribution in [0.3, 0.4) is 0 Å². The molecule has 1 aromatic rings. The first-order chi connectivity index (χ1) is 8.11. The van der Waals surface area contributed by atoms with Crippen molar-refractivity contribution < 1.29 is 0 Å². The second kappa shape index (κ2) is 5.13. The highest BCUT2D eigenvalue weighted by molar-refractivity contribution is 5.30. The van der Waals surface area contributed by atoms with E-state index in [1.165, 1.54) is 29.8 Å². The van der Waals surface area contributed by atoms with Crippen molar-refractivity contribution in [2.75, 3.05) is 0 Å². The van der Waals surface area contributed by atoms with Crippen LogP contribution in [0.15, 0.2) is 6.33 Å². The standard InChI is InChI=1S/C14H23N3/c1-9(2)13(10(3)15)14-11-6-4-5-7-12(11)16-8-17-14/h8-10,13H,4-7,15H2,1-3H3. The van der Waals surface area contributed by atoms with Crippen LogP contribution < -0.4 is 5.73 Å². The van der Waals surface area contributed by atoms with Crippen molar-refractivity contribution in [2.24, 2.45) is 11.7 Å². The van der Waals surface area contributed by atoms with E-state index < -0.39 is 0 Å². The molecule has 0 fully saturated rings. The van der Waals surface area contributed by atoms with E-state index in [4.69, 9.17) is 5.73 Å². The van der Waals surface area contributed by atoms with Crippen LogP contribution in [0, 0.1) is 5.92 Å². The zero-order valence-corrected chi connectivity index (χ0v) is 11.1. The Labute approximate surface area is 104 Å². The predicted octanol–water partition coefficient (Wildman–Crippen LogP) is 2.44. The molecule has 94 valence electrons. The third-order valence-corrected chi connectivity index (χ3v) is 3.76. The molecule has 0 bridgehead atoms. The fourth-order valence-electron chi connectivity index (χ4n) is 3.01. The van der Waals surface area contributed by atoms with Crippen LogP contribution in [0.25, 0.3) is 0 Å². The van der Waals surface area contributed by atoms with Gasteiger partial charge in [0.15, 0.2) is 0 Å². The maximum Gasteiger partial charge on any atom is 0.115 e. The lowest BCUT2D eigenvalue weighted by Crippen LogP contribution is -2.31. The highest BCUT2D eigenvalue weighted by Crippen LogP contribution is 2.31. The van der Waals surface area contributed by atoms with Gasteiger partial charge in [0, 0.05) is 17.7 Å². The van der Waals surface area contributed by atoms with Crippen LogP contribution in [0.4, 0.5) is 0 Å². The zero-order chi connectivity index (χ0) is 12.4. The van der Waals surface area contributed by atoms with Crippen molar-refractivity contribution in [3.8, 4) is 0 Å². The number of aryl methyl sites for hydroxylation is 1. The van der Waals surface area contributed by atoms with Gasteiger partial charge in [0.1, 0.15) is 6.33 Å². The summed E-state index contributed by atoms with van der Waals surface area (Å²) in [7, 11) is 0. The second-order valence-corrected chi connectivity index (χ2v) is 5.52. The van der Waals surface area contributed by atoms with Crippen molar-refractivity contribution >= 4 is 0 Å². The number of hydrogen-bond donors (Lipinski definition) is 1. The maximum absolute atomic E-state index is 6.14. The van der Waals surface area contributed by atoms with Gasteiger partial charge in [-0.2, -0.15) is 0 Å². The average Bonchev–Trinajstić information content (AvgIpc) is 2.28. The molecule has 1 heterocycles. The molecule has 2 N–H and O–H groups in total. The summed E-state index contributed by atoms with van der Waals surface area (Å²) in [5.74, 6) is 0.876. The summed E-state index contributed by atoms with van der Waals surface area (Å²) in [5.41, 5.74) is 9.99. The first-order valence-corrected chi connectivity index (χ1v) is 6.69. The van der Waals surface area contributed by atoms with Crippen molar-refractivity contribution in [1.82, 2.24) is 9.97 Å².